The Morgan fingerprint density at radius 2 is 1.90 bits per heavy atom. The molecule has 3 fully saturated rings. The molecule has 52 heavy (non-hydrogen) atoms. The van der Waals surface area contributed by atoms with Gasteiger partial charge in [0.1, 0.15) is 23.9 Å². The topological polar surface area (TPSA) is 113 Å². The Labute approximate surface area is 304 Å². The minimum absolute atomic E-state index is 0.00108. The third-order valence-corrected chi connectivity index (χ3v) is 10.6. The molecule has 2 aromatic heterocycles. The van der Waals surface area contributed by atoms with Crippen molar-refractivity contribution in [3.63, 3.8) is 0 Å². The summed E-state index contributed by atoms with van der Waals surface area (Å²) in [6.45, 7) is 3.97. The number of alkyl halides is 2. The molecule has 11 nitrogen and oxygen atoms in total. The van der Waals surface area contributed by atoms with E-state index in [0.717, 1.165) is 49.5 Å². The molecule has 0 spiro atoms. The Morgan fingerprint density at radius 3 is 2.62 bits per heavy atom. The summed E-state index contributed by atoms with van der Waals surface area (Å²) in [5.41, 5.74) is 0.989. The highest BCUT2D eigenvalue weighted by molar-refractivity contribution is 6.36. The number of anilines is 1. The van der Waals surface area contributed by atoms with Crippen LogP contribution in [0.2, 0.25) is 5.02 Å². The first-order valence-electron chi connectivity index (χ1n) is 17.5. The molecule has 0 radical (unpaired) electrons. The van der Waals surface area contributed by atoms with Crippen molar-refractivity contribution in [1.29, 1.82) is 0 Å². The lowest BCUT2D eigenvalue weighted by Gasteiger charge is -2.41. The summed E-state index contributed by atoms with van der Waals surface area (Å²) < 4.78 is 53.4. The quantitative estimate of drug-likeness (QED) is 0.139. The SMILES string of the molecule is C/N=C\c1c(/C(F)=C/c2cccc3cccc(Cl)c23)nc(OCC23CCCN2CCC3)nc1N(C)CC1CN(C(=O)CCc2nc(C(F)F)no2)C1. The van der Waals surface area contributed by atoms with E-state index < -0.39 is 18.1 Å². The van der Waals surface area contributed by atoms with Crippen molar-refractivity contribution in [3.05, 3.63) is 70.0 Å². The third-order valence-electron chi connectivity index (χ3n) is 10.3. The Kier molecular flexibility index (Phi) is 10.5. The van der Waals surface area contributed by atoms with Gasteiger partial charge in [0.05, 0.1) is 11.1 Å². The maximum Gasteiger partial charge on any atom is 0.319 e. The van der Waals surface area contributed by atoms with Crippen LogP contribution in [0.1, 0.15) is 67.1 Å². The molecule has 3 aliphatic heterocycles. The molecule has 0 saturated carbocycles. The molecule has 0 unspecified atom stereocenters. The Balaban J connectivity index is 1.13. The van der Waals surface area contributed by atoms with Crippen LogP contribution in [0.15, 0.2) is 45.9 Å². The van der Waals surface area contributed by atoms with Crippen molar-refractivity contribution in [3.8, 4) is 6.01 Å². The van der Waals surface area contributed by atoms with Crippen LogP contribution < -0.4 is 9.64 Å². The number of likely N-dealkylation sites (tertiary alicyclic amines) is 1. The second-order valence-corrected chi connectivity index (χ2v) is 14.2. The summed E-state index contributed by atoms with van der Waals surface area (Å²) in [5.74, 6) is -0.861. The van der Waals surface area contributed by atoms with Crippen LogP contribution in [0, 0.1) is 5.92 Å². The van der Waals surface area contributed by atoms with E-state index in [-0.39, 0.29) is 47.8 Å². The maximum absolute atomic E-state index is 16.6. The van der Waals surface area contributed by atoms with Gasteiger partial charge in [-0.15, -0.1) is 0 Å². The molecule has 0 N–H and O–H groups in total. The van der Waals surface area contributed by atoms with Gasteiger partial charge in [-0.05, 0) is 61.9 Å². The van der Waals surface area contributed by atoms with Crippen molar-refractivity contribution in [1.82, 2.24) is 29.9 Å². The monoisotopic (exact) mass is 736 g/mol. The van der Waals surface area contributed by atoms with Gasteiger partial charge >= 0.3 is 12.4 Å². The summed E-state index contributed by atoms with van der Waals surface area (Å²) in [4.78, 5) is 36.3. The summed E-state index contributed by atoms with van der Waals surface area (Å²) in [6.07, 6.45) is 4.58. The first-order valence-corrected chi connectivity index (χ1v) is 17.9. The lowest BCUT2D eigenvalue weighted by atomic mass is 9.95. The number of hydrogen-bond donors (Lipinski definition) is 0. The summed E-state index contributed by atoms with van der Waals surface area (Å²) in [7, 11) is 3.47. The highest BCUT2D eigenvalue weighted by atomic mass is 35.5. The highest BCUT2D eigenvalue weighted by Crippen LogP contribution is 2.40. The van der Waals surface area contributed by atoms with Crippen LogP contribution in [0.4, 0.5) is 19.0 Å². The van der Waals surface area contributed by atoms with Crippen molar-refractivity contribution in [2.75, 3.05) is 58.3 Å². The van der Waals surface area contributed by atoms with Crippen LogP contribution in [-0.4, -0.2) is 101 Å². The molecule has 3 saturated heterocycles. The predicted octanol–water partition coefficient (Wildman–Crippen LogP) is 6.65. The van der Waals surface area contributed by atoms with E-state index in [4.69, 9.17) is 25.8 Å². The second-order valence-electron chi connectivity index (χ2n) is 13.8. The summed E-state index contributed by atoms with van der Waals surface area (Å²) in [5, 5.41) is 5.37. The number of amides is 1. The second kappa shape index (κ2) is 15.2. The highest BCUT2D eigenvalue weighted by Gasteiger charge is 2.45. The average Bonchev–Trinajstić information content (AvgIpc) is 3.85. The molecular formula is C37H40ClF3N8O3. The minimum atomic E-state index is -2.83. The van der Waals surface area contributed by atoms with Crippen LogP contribution in [-0.2, 0) is 11.2 Å². The minimum Gasteiger partial charge on any atom is -0.461 e. The molecule has 7 rings (SSSR count). The third kappa shape index (κ3) is 7.36. The number of ether oxygens (including phenoxy) is 1. The molecule has 2 aromatic carbocycles. The molecule has 274 valence electrons. The summed E-state index contributed by atoms with van der Waals surface area (Å²) >= 11 is 6.58. The van der Waals surface area contributed by atoms with Gasteiger partial charge in [-0.2, -0.15) is 15.0 Å². The lowest BCUT2D eigenvalue weighted by Crippen LogP contribution is -2.53. The zero-order chi connectivity index (χ0) is 36.4. The van der Waals surface area contributed by atoms with Gasteiger partial charge in [-0.1, -0.05) is 47.1 Å². The summed E-state index contributed by atoms with van der Waals surface area (Å²) in [6, 6.07) is 11.2. The Hall–Kier alpha value is -4.56. The zero-order valence-electron chi connectivity index (χ0n) is 29.1. The molecule has 0 bridgehead atoms. The number of fused-ring (bicyclic) bond motifs is 2. The van der Waals surface area contributed by atoms with E-state index in [9.17, 15) is 13.6 Å². The van der Waals surface area contributed by atoms with Crippen LogP contribution in [0.5, 0.6) is 6.01 Å². The molecular weight excluding hydrogens is 697 g/mol. The standard InChI is InChI=1S/C37H40ClF3N8O3/c1-42-18-26-32(28(39)17-25-9-3-7-24-8-4-10-27(38)31(24)25)44-36(51-22-37-13-5-15-49(37)16-6-14-37)45-35(26)47(2)19-23-20-48(21-23)30(50)12-11-29-43-34(33(40)41)46-52-29/h3-4,7-10,17-18,23,33H,5-6,11-16,19-22H2,1-2H3/b28-17-,42-18-. The van der Waals surface area contributed by atoms with E-state index in [1.54, 1.807) is 24.2 Å². The predicted molar refractivity (Wildman–Crippen MR) is 193 cm³/mol. The first kappa shape index (κ1) is 35.8. The number of halogens is 4. The fourth-order valence-corrected chi connectivity index (χ4v) is 8.02. The van der Waals surface area contributed by atoms with Gasteiger partial charge < -0.3 is 19.1 Å². The molecule has 1 amide bonds. The first-order chi connectivity index (χ1) is 25.1. The van der Waals surface area contributed by atoms with Crippen molar-refractivity contribution in [2.45, 2.75) is 50.5 Å². The van der Waals surface area contributed by atoms with E-state index in [1.165, 1.54) is 6.08 Å². The molecule has 0 atom stereocenters. The molecule has 0 aliphatic carbocycles. The van der Waals surface area contributed by atoms with Gasteiger partial charge in [0, 0.05) is 69.1 Å². The van der Waals surface area contributed by atoms with Gasteiger partial charge in [0.15, 0.2) is 0 Å². The maximum atomic E-state index is 16.6. The zero-order valence-corrected chi connectivity index (χ0v) is 29.8. The number of rotatable bonds is 13. The van der Waals surface area contributed by atoms with Gasteiger partial charge in [-0.25, -0.2) is 13.2 Å². The largest absolute Gasteiger partial charge is 0.461 e. The number of nitrogens with zero attached hydrogens (tertiary/aromatic N) is 8. The van der Waals surface area contributed by atoms with E-state index in [2.05, 4.69) is 25.0 Å². The number of aromatic nitrogens is 4. The van der Waals surface area contributed by atoms with Crippen molar-refractivity contribution >= 4 is 52.2 Å². The Morgan fingerprint density at radius 1 is 1.15 bits per heavy atom. The van der Waals surface area contributed by atoms with Crippen molar-refractivity contribution in [2.24, 2.45) is 10.9 Å². The molecule has 5 heterocycles. The number of aliphatic imine (C=N–C) groups is 1. The number of carbonyl (C=O) groups is 1. The fraction of sp³-hybridized carbons (Fsp3) is 0.459. The normalized spacial score (nSPS) is 17.8. The van der Waals surface area contributed by atoms with Gasteiger partial charge in [0.2, 0.25) is 17.6 Å². The number of benzene rings is 2. The van der Waals surface area contributed by atoms with Gasteiger partial charge in [-0.3, -0.25) is 14.7 Å². The number of hydrogen-bond acceptors (Lipinski definition) is 10. The van der Waals surface area contributed by atoms with E-state index in [0.29, 0.717) is 48.2 Å². The van der Waals surface area contributed by atoms with E-state index >= 15 is 4.39 Å². The van der Waals surface area contributed by atoms with E-state index in [1.807, 2.05) is 42.3 Å². The van der Waals surface area contributed by atoms with Crippen molar-refractivity contribution < 1.29 is 27.2 Å². The molecule has 3 aliphatic rings. The van der Waals surface area contributed by atoms with Gasteiger partial charge in [0.25, 0.3) is 0 Å². The smallest absolute Gasteiger partial charge is 0.319 e. The Bertz CT molecular complexity index is 1980. The fourth-order valence-electron chi connectivity index (χ4n) is 7.72. The van der Waals surface area contributed by atoms with Crippen LogP contribution in [0.3, 0.4) is 0 Å². The van der Waals surface area contributed by atoms with Crippen LogP contribution >= 0.6 is 11.6 Å². The number of aryl methyl sites for hydroxylation is 1. The number of carbonyl (C=O) groups excluding carboxylic acids is 1. The average molecular weight is 737 g/mol. The van der Waals surface area contributed by atoms with Crippen LogP contribution in [0.25, 0.3) is 22.7 Å². The molecule has 4 aromatic rings. The lowest BCUT2D eigenvalue weighted by molar-refractivity contribution is -0.137. The molecule has 15 heteroatoms.